The van der Waals surface area contributed by atoms with Crippen molar-refractivity contribution in [3.8, 4) is 0 Å². The number of amides is 2. The minimum absolute atomic E-state index is 0.0226. The number of rotatable bonds is 3. The molecule has 2 amide bonds. The second kappa shape index (κ2) is 5.59. The van der Waals surface area contributed by atoms with Crippen molar-refractivity contribution in [3.63, 3.8) is 0 Å². The summed E-state index contributed by atoms with van der Waals surface area (Å²) in [6.45, 7) is 5.73. The summed E-state index contributed by atoms with van der Waals surface area (Å²) in [6.07, 6.45) is 6.63. The highest BCUT2D eigenvalue weighted by molar-refractivity contribution is 5.92. The van der Waals surface area contributed by atoms with Crippen LogP contribution in [0.2, 0.25) is 0 Å². The zero-order chi connectivity index (χ0) is 15.7. The van der Waals surface area contributed by atoms with Crippen molar-refractivity contribution in [1.82, 2.24) is 19.6 Å². The number of carbonyl (C=O) groups is 2. The first kappa shape index (κ1) is 14.8. The molecule has 0 aliphatic carbocycles. The van der Waals surface area contributed by atoms with E-state index in [9.17, 15) is 9.59 Å². The normalized spacial score (nSPS) is 20.7. The third-order valence-corrected chi connectivity index (χ3v) is 5.01. The van der Waals surface area contributed by atoms with E-state index >= 15 is 0 Å². The number of aromatic nitrogens is 2. The van der Waals surface area contributed by atoms with Crippen LogP contribution in [0, 0.1) is 0 Å². The highest BCUT2D eigenvalue weighted by Crippen LogP contribution is 2.39. The molecular weight excluding hydrogens is 280 g/mol. The Balaban J connectivity index is 1.70. The Bertz CT molecular complexity index is 599. The molecule has 22 heavy (non-hydrogen) atoms. The van der Waals surface area contributed by atoms with Crippen molar-refractivity contribution >= 4 is 11.8 Å². The monoisotopic (exact) mass is 302 g/mol. The summed E-state index contributed by atoms with van der Waals surface area (Å²) in [5.41, 5.74) is 0.538. The van der Waals surface area contributed by atoms with Crippen LogP contribution < -0.4 is 0 Å². The van der Waals surface area contributed by atoms with Crippen LogP contribution in [0.4, 0.5) is 0 Å². The highest BCUT2D eigenvalue weighted by Gasteiger charge is 2.46. The van der Waals surface area contributed by atoms with Gasteiger partial charge in [0.1, 0.15) is 5.69 Å². The van der Waals surface area contributed by atoms with Gasteiger partial charge in [-0.1, -0.05) is 6.08 Å². The van der Waals surface area contributed by atoms with Crippen molar-refractivity contribution in [1.29, 1.82) is 0 Å². The smallest absolute Gasteiger partial charge is 0.272 e. The Hall–Kier alpha value is -2.11. The zero-order valence-corrected chi connectivity index (χ0v) is 13.0. The molecule has 3 heterocycles. The number of hydrogen-bond donors (Lipinski definition) is 0. The second-order valence-corrected chi connectivity index (χ2v) is 6.15. The van der Waals surface area contributed by atoms with Gasteiger partial charge in [0.25, 0.3) is 5.91 Å². The number of hydrogen-bond acceptors (Lipinski definition) is 3. The van der Waals surface area contributed by atoms with Gasteiger partial charge in [0.2, 0.25) is 5.91 Å². The maximum Gasteiger partial charge on any atom is 0.272 e. The summed E-state index contributed by atoms with van der Waals surface area (Å²) in [7, 11) is 1.78. The minimum Gasteiger partial charge on any atom is -0.337 e. The van der Waals surface area contributed by atoms with Gasteiger partial charge in [0.05, 0.1) is 0 Å². The first-order valence-corrected chi connectivity index (χ1v) is 7.76. The van der Waals surface area contributed by atoms with Gasteiger partial charge >= 0.3 is 0 Å². The molecule has 0 unspecified atom stereocenters. The van der Waals surface area contributed by atoms with Gasteiger partial charge in [0.15, 0.2) is 0 Å². The molecule has 1 aromatic rings. The van der Waals surface area contributed by atoms with Crippen molar-refractivity contribution < 1.29 is 9.59 Å². The van der Waals surface area contributed by atoms with Gasteiger partial charge in [-0.25, -0.2) is 0 Å². The van der Waals surface area contributed by atoms with Crippen molar-refractivity contribution in [2.75, 3.05) is 19.6 Å². The van der Waals surface area contributed by atoms with E-state index in [2.05, 4.69) is 11.7 Å². The Morgan fingerprint density at radius 3 is 2.73 bits per heavy atom. The molecule has 0 N–H and O–H groups in total. The third kappa shape index (κ3) is 2.32. The molecule has 0 radical (unpaired) electrons. The average Bonchev–Trinajstić information content (AvgIpc) is 3.07. The van der Waals surface area contributed by atoms with E-state index in [4.69, 9.17) is 0 Å². The van der Waals surface area contributed by atoms with E-state index < -0.39 is 0 Å². The molecule has 0 bridgehead atoms. The lowest BCUT2D eigenvalue weighted by atomic mass is 9.85. The molecule has 3 rings (SSSR count). The van der Waals surface area contributed by atoms with E-state index in [0.29, 0.717) is 31.7 Å². The van der Waals surface area contributed by atoms with E-state index in [1.165, 1.54) is 0 Å². The molecule has 0 saturated carbocycles. The summed E-state index contributed by atoms with van der Waals surface area (Å²) in [6, 6.07) is 1.75. The van der Waals surface area contributed by atoms with Crippen LogP contribution >= 0.6 is 0 Å². The fourth-order valence-electron chi connectivity index (χ4n) is 3.69. The van der Waals surface area contributed by atoms with Crippen LogP contribution in [0.5, 0.6) is 0 Å². The molecular formula is C16H22N4O2. The summed E-state index contributed by atoms with van der Waals surface area (Å²) >= 11 is 0. The average molecular weight is 302 g/mol. The molecule has 2 aliphatic heterocycles. The predicted octanol–water partition coefficient (Wildman–Crippen LogP) is 1.20. The second-order valence-electron chi connectivity index (χ2n) is 6.15. The fraction of sp³-hybridized carbons (Fsp3) is 0.562. The largest absolute Gasteiger partial charge is 0.337 e. The standard InChI is InChI=1S/C16H22N4O2/c1-3-10-20-14(21)4-6-16(20)7-11-19(12-8-16)15(22)13-5-9-17-18(13)2/h3,5,9H,1,4,6-8,10-12H2,2H3. The van der Waals surface area contributed by atoms with Crippen molar-refractivity contribution in [2.24, 2.45) is 7.05 Å². The lowest BCUT2D eigenvalue weighted by Gasteiger charge is -2.44. The first-order valence-electron chi connectivity index (χ1n) is 7.76. The lowest BCUT2D eigenvalue weighted by molar-refractivity contribution is -0.131. The van der Waals surface area contributed by atoms with Gasteiger partial charge in [-0.15, -0.1) is 6.58 Å². The zero-order valence-electron chi connectivity index (χ0n) is 13.0. The van der Waals surface area contributed by atoms with Crippen LogP contribution in [0.3, 0.4) is 0 Å². The predicted molar refractivity (Wildman–Crippen MR) is 82.2 cm³/mol. The number of aryl methyl sites for hydroxylation is 1. The summed E-state index contributed by atoms with van der Waals surface area (Å²) in [4.78, 5) is 28.4. The number of nitrogens with zero attached hydrogens (tertiary/aromatic N) is 4. The van der Waals surface area contributed by atoms with Crippen LogP contribution in [0.1, 0.15) is 36.2 Å². The lowest BCUT2D eigenvalue weighted by Crippen LogP contribution is -2.54. The highest BCUT2D eigenvalue weighted by atomic mass is 16.2. The molecule has 2 fully saturated rings. The molecule has 0 aromatic carbocycles. The number of likely N-dealkylation sites (tertiary alicyclic amines) is 2. The summed E-state index contributed by atoms with van der Waals surface area (Å²) < 4.78 is 1.61. The van der Waals surface area contributed by atoms with Crippen LogP contribution in [-0.4, -0.2) is 56.6 Å². The molecule has 6 nitrogen and oxygen atoms in total. The Kier molecular flexibility index (Phi) is 3.76. The molecule has 1 aromatic heterocycles. The molecule has 2 saturated heterocycles. The number of carbonyl (C=O) groups excluding carboxylic acids is 2. The van der Waals surface area contributed by atoms with Crippen molar-refractivity contribution in [3.05, 3.63) is 30.6 Å². The Morgan fingerprint density at radius 1 is 1.41 bits per heavy atom. The number of piperidine rings is 1. The maximum atomic E-state index is 12.5. The Labute approximate surface area is 130 Å². The summed E-state index contributed by atoms with van der Waals surface area (Å²) in [5, 5.41) is 4.06. The van der Waals surface area contributed by atoms with Crippen LogP contribution in [-0.2, 0) is 11.8 Å². The SMILES string of the molecule is C=CCN1C(=O)CCC12CCN(C(=O)c1ccnn1C)CC2. The minimum atomic E-state index is -0.0749. The molecule has 6 heteroatoms. The first-order chi connectivity index (χ1) is 10.6. The van der Waals surface area contributed by atoms with Crippen molar-refractivity contribution in [2.45, 2.75) is 31.2 Å². The van der Waals surface area contributed by atoms with E-state index in [-0.39, 0.29) is 17.4 Å². The van der Waals surface area contributed by atoms with E-state index in [1.807, 2.05) is 9.80 Å². The third-order valence-electron chi connectivity index (χ3n) is 5.01. The topological polar surface area (TPSA) is 58.4 Å². The molecule has 0 atom stereocenters. The van der Waals surface area contributed by atoms with Crippen LogP contribution in [0.15, 0.2) is 24.9 Å². The van der Waals surface area contributed by atoms with Gasteiger partial charge < -0.3 is 9.80 Å². The molecule has 118 valence electrons. The van der Waals surface area contributed by atoms with Gasteiger partial charge in [-0.05, 0) is 25.3 Å². The summed E-state index contributed by atoms with van der Waals surface area (Å²) in [5.74, 6) is 0.237. The van der Waals surface area contributed by atoms with Crippen LogP contribution in [0.25, 0.3) is 0 Å². The molecule has 2 aliphatic rings. The maximum absolute atomic E-state index is 12.5. The van der Waals surface area contributed by atoms with E-state index in [0.717, 1.165) is 19.3 Å². The van der Waals surface area contributed by atoms with Gasteiger partial charge in [-0.2, -0.15) is 5.10 Å². The quantitative estimate of drug-likeness (QED) is 0.788. The molecule has 1 spiro atoms. The van der Waals surface area contributed by atoms with Gasteiger partial charge in [-0.3, -0.25) is 14.3 Å². The fourth-order valence-corrected chi connectivity index (χ4v) is 3.69. The van der Waals surface area contributed by atoms with Gasteiger partial charge in [0, 0.05) is 44.8 Å². The van der Waals surface area contributed by atoms with E-state index in [1.54, 1.807) is 30.1 Å². The Morgan fingerprint density at radius 2 is 2.14 bits per heavy atom.